The molecule has 0 aliphatic carbocycles. The van der Waals surface area contributed by atoms with E-state index in [1.54, 1.807) is 0 Å². The van der Waals surface area contributed by atoms with Crippen molar-refractivity contribution in [2.24, 2.45) is 0 Å². The van der Waals surface area contributed by atoms with Crippen molar-refractivity contribution < 1.29 is 0 Å². The molecule has 9 aromatic rings. The van der Waals surface area contributed by atoms with Crippen molar-refractivity contribution >= 4 is 53.1 Å². The third-order valence-corrected chi connectivity index (χ3v) is 10.5. The van der Waals surface area contributed by atoms with E-state index in [9.17, 15) is 0 Å². The number of hydrogen-bond donors (Lipinski definition) is 0. The number of aryl methyl sites for hydroxylation is 1. The smallest absolute Gasteiger partial charge is 0.0433 e. The van der Waals surface area contributed by atoms with E-state index in [0.29, 0.717) is 0 Å². The van der Waals surface area contributed by atoms with Crippen LogP contribution in [0.15, 0.2) is 164 Å². The molecule has 0 radical (unpaired) electrons. The maximum Gasteiger partial charge on any atom is 0.0433 e. The monoisotopic (exact) mass is 602 g/mol. The Balaban J connectivity index is 1.31. The molecule has 0 saturated carbocycles. The van der Waals surface area contributed by atoms with Crippen LogP contribution in [0.4, 0.5) is 0 Å². The van der Waals surface area contributed by atoms with Crippen LogP contribution in [0, 0.1) is 6.92 Å². The highest BCUT2D eigenvalue weighted by molar-refractivity contribution is 7.26. The molecule has 46 heavy (non-hydrogen) atoms. The highest BCUT2D eigenvalue weighted by atomic mass is 32.1. The lowest BCUT2D eigenvalue weighted by molar-refractivity contribution is 1.47. The van der Waals surface area contributed by atoms with Crippen LogP contribution in [-0.4, -0.2) is 0 Å². The van der Waals surface area contributed by atoms with Gasteiger partial charge in [-0.3, -0.25) is 0 Å². The van der Waals surface area contributed by atoms with Crippen molar-refractivity contribution in [3.63, 3.8) is 0 Å². The van der Waals surface area contributed by atoms with Gasteiger partial charge in [0.2, 0.25) is 0 Å². The van der Waals surface area contributed by atoms with Gasteiger partial charge in [0.25, 0.3) is 0 Å². The molecule has 0 spiro atoms. The SMILES string of the molecule is Cc1cc(-c2ccc3c(-c4ccccc4)c4ccccc4c(-c4ccccc4)c3c2)cc(-c2cccc3c2sc2ccccc23)c1. The summed E-state index contributed by atoms with van der Waals surface area (Å²) in [5.41, 5.74) is 11.3. The fourth-order valence-corrected chi connectivity index (χ4v) is 8.51. The first-order valence-electron chi connectivity index (χ1n) is 15.8. The lowest BCUT2D eigenvalue weighted by Gasteiger charge is -2.19. The summed E-state index contributed by atoms with van der Waals surface area (Å²) in [6.07, 6.45) is 0. The fourth-order valence-electron chi connectivity index (χ4n) is 7.27. The maximum absolute atomic E-state index is 2.43. The van der Waals surface area contributed by atoms with E-state index in [1.165, 1.54) is 91.8 Å². The van der Waals surface area contributed by atoms with Gasteiger partial charge in [0.1, 0.15) is 0 Å². The van der Waals surface area contributed by atoms with Crippen LogP contribution >= 0.6 is 11.3 Å². The summed E-state index contributed by atoms with van der Waals surface area (Å²) < 4.78 is 2.69. The van der Waals surface area contributed by atoms with Gasteiger partial charge < -0.3 is 0 Å². The van der Waals surface area contributed by atoms with E-state index in [2.05, 4.69) is 171 Å². The summed E-state index contributed by atoms with van der Waals surface area (Å²) in [4.78, 5) is 0. The summed E-state index contributed by atoms with van der Waals surface area (Å²) in [7, 11) is 0. The molecule has 0 bridgehead atoms. The van der Waals surface area contributed by atoms with Crippen molar-refractivity contribution in [1.82, 2.24) is 0 Å². The third-order valence-electron chi connectivity index (χ3n) is 9.27. The first-order valence-corrected chi connectivity index (χ1v) is 16.7. The molecule has 8 aromatic carbocycles. The molecule has 0 atom stereocenters. The molecule has 216 valence electrons. The predicted octanol–water partition coefficient (Wildman–Crippen LogP) is 13.3. The second kappa shape index (κ2) is 10.8. The molecule has 9 rings (SSSR count). The van der Waals surface area contributed by atoms with Crippen LogP contribution in [0.5, 0.6) is 0 Å². The molecule has 1 heteroatoms. The molecule has 0 amide bonds. The third kappa shape index (κ3) is 4.35. The highest BCUT2D eigenvalue weighted by Crippen LogP contribution is 2.45. The Morgan fingerprint density at radius 1 is 0.348 bits per heavy atom. The van der Waals surface area contributed by atoms with Gasteiger partial charge in [-0.05, 0) is 96.7 Å². The largest absolute Gasteiger partial charge is 0.135 e. The van der Waals surface area contributed by atoms with E-state index in [-0.39, 0.29) is 0 Å². The average Bonchev–Trinajstić information content (AvgIpc) is 3.50. The van der Waals surface area contributed by atoms with Gasteiger partial charge in [0, 0.05) is 20.2 Å². The van der Waals surface area contributed by atoms with Crippen molar-refractivity contribution in [3.8, 4) is 44.5 Å². The van der Waals surface area contributed by atoms with Crippen LogP contribution in [0.3, 0.4) is 0 Å². The second-order valence-electron chi connectivity index (χ2n) is 12.2. The minimum absolute atomic E-state index is 1.23. The molecule has 0 nitrogen and oxygen atoms in total. The summed E-state index contributed by atoms with van der Waals surface area (Å²) in [5, 5.41) is 7.77. The predicted molar refractivity (Wildman–Crippen MR) is 201 cm³/mol. The molecule has 0 unspecified atom stereocenters. The average molecular weight is 603 g/mol. The van der Waals surface area contributed by atoms with Gasteiger partial charge in [-0.2, -0.15) is 0 Å². The van der Waals surface area contributed by atoms with Crippen LogP contribution in [-0.2, 0) is 0 Å². The van der Waals surface area contributed by atoms with E-state index in [0.717, 1.165) is 0 Å². The van der Waals surface area contributed by atoms with Gasteiger partial charge in [0.05, 0.1) is 0 Å². The topological polar surface area (TPSA) is 0 Å². The molecule has 0 aliphatic rings. The van der Waals surface area contributed by atoms with Gasteiger partial charge in [0.15, 0.2) is 0 Å². The quantitative estimate of drug-likeness (QED) is 0.176. The minimum atomic E-state index is 1.23. The van der Waals surface area contributed by atoms with Crippen LogP contribution in [0.25, 0.3) is 86.2 Å². The highest BCUT2D eigenvalue weighted by Gasteiger charge is 2.18. The van der Waals surface area contributed by atoms with Gasteiger partial charge >= 0.3 is 0 Å². The lowest BCUT2D eigenvalue weighted by Crippen LogP contribution is -1.92. The molecular weight excluding hydrogens is 573 g/mol. The van der Waals surface area contributed by atoms with Gasteiger partial charge in [-0.25, -0.2) is 0 Å². The van der Waals surface area contributed by atoms with Crippen molar-refractivity contribution in [3.05, 3.63) is 169 Å². The summed E-state index contributed by atoms with van der Waals surface area (Å²) in [6.45, 7) is 2.22. The second-order valence-corrected chi connectivity index (χ2v) is 13.2. The Morgan fingerprint density at radius 3 is 1.63 bits per heavy atom. The first kappa shape index (κ1) is 26.9. The summed E-state index contributed by atoms with van der Waals surface area (Å²) >= 11 is 1.89. The molecular formula is C45H30S. The van der Waals surface area contributed by atoms with Crippen molar-refractivity contribution in [1.29, 1.82) is 0 Å². The molecule has 0 aliphatic heterocycles. The van der Waals surface area contributed by atoms with Gasteiger partial charge in [-0.1, -0.05) is 146 Å². The Labute approximate surface area is 272 Å². The van der Waals surface area contributed by atoms with E-state index in [4.69, 9.17) is 0 Å². The van der Waals surface area contributed by atoms with E-state index in [1.807, 2.05) is 11.3 Å². The minimum Gasteiger partial charge on any atom is -0.135 e. The van der Waals surface area contributed by atoms with Gasteiger partial charge in [-0.15, -0.1) is 11.3 Å². The standard InChI is InChI=1S/C45H30S/c1-29-25-33(27-34(26-29)35-20-12-21-40-36-17-10-11-22-42(36)46-45(35)40)32-23-24-39-41(28-32)44(31-15-6-3-7-16-31)38-19-9-8-18-37(38)43(39)30-13-4-2-5-14-30/h2-28H,1H3. The van der Waals surface area contributed by atoms with Crippen LogP contribution in [0.1, 0.15) is 5.56 Å². The number of fused-ring (bicyclic) bond motifs is 5. The zero-order chi connectivity index (χ0) is 30.6. The van der Waals surface area contributed by atoms with E-state index < -0.39 is 0 Å². The summed E-state index contributed by atoms with van der Waals surface area (Å²) in [5.74, 6) is 0. The number of benzene rings is 8. The zero-order valence-corrected chi connectivity index (χ0v) is 26.3. The Bertz CT molecular complexity index is 2570. The normalized spacial score (nSPS) is 11.6. The summed E-state index contributed by atoms with van der Waals surface area (Å²) in [6, 6.07) is 60.3. The number of rotatable bonds is 4. The lowest BCUT2D eigenvalue weighted by atomic mass is 9.84. The number of thiophene rings is 1. The van der Waals surface area contributed by atoms with Crippen molar-refractivity contribution in [2.75, 3.05) is 0 Å². The zero-order valence-electron chi connectivity index (χ0n) is 25.5. The molecule has 0 fully saturated rings. The molecule has 0 saturated heterocycles. The number of hydrogen-bond acceptors (Lipinski definition) is 1. The fraction of sp³-hybridized carbons (Fsp3) is 0.0222. The molecule has 1 heterocycles. The van der Waals surface area contributed by atoms with Crippen LogP contribution < -0.4 is 0 Å². The first-order chi connectivity index (χ1) is 22.7. The van der Waals surface area contributed by atoms with E-state index >= 15 is 0 Å². The molecule has 1 aromatic heterocycles. The Kier molecular flexibility index (Phi) is 6.33. The maximum atomic E-state index is 2.43. The Hall–Kier alpha value is -5.50. The van der Waals surface area contributed by atoms with Crippen LogP contribution in [0.2, 0.25) is 0 Å². The Morgan fingerprint density at radius 2 is 0.913 bits per heavy atom. The van der Waals surface area contributed by atoms with Crippen molar-refractivity contribution in [2.45, 2.75) is 6.92 Å². The molecule has 0 N–H and O–H groups in total.